The van der Waals surface area contributed by atoms with Gasteiger partial charge >= 0.3 is 6.30 Å². The fraction of sp³-hybridized carbons (Fsp3) is 0.0625. The summed E-state index contributed by atoms with van der Waals surface area (Å²) in [5, 5.41) is 0. The summed E-state index contributed by atoms with van der Waals surface area (Å²) in [7, 11) is 0. The molecule has 2 aromatic carbocycles. The van der Waals surface area contributed by atoms with Gasteiger partial charge in [0.05, 0.1) is 5.69 Å². The molecular weight excluding hydrogens is 277 g/mol. The quantitative estimate of drug-likeness (QED) is 0.668. The van der Waals surface area contributed by atoms with Crippen LogP contribution in [-0.2, 0) is 6.30 Å². The zero-order valence-corrected chi connectivity index (χ0v) is 10.9. The van der Waals surface area contributed by atoms with E-state index in [1.165, 1.54) is 0 Å². The zero-order valence-electron chi connectivity index (χ0n) is 10.9. The molecule has 0 fully saturated rings. The molecule has 2 nitrogen and oxygen atoms in total. The Kier molecular flexibility index (Phi) is 3.25. The Morgan fingerprint density at radius 3 is 1.81 bits per heavy atom. The minimum absolute atomic E-state index is 0.109. The maximum Gasteiger partial charge on any atom is 0.490 e. The van der Waals surface area contributed by atoms with Crippen molar-refractivity contribution in [3.8, 4) is 22.6 Å². The number of rotatable bonds is 2. The molecule has 0 unspecified atom stereocenters. The minimum atomic E-state index is -4.51. The molecule has 1 aromatic heterocycles. The van der Waals surface area contributed by atoms with Crippen molar-refractivity contribution in [2.45, 2.75) is 6.30 Å². The molecule has 0 saturated heterocycles. The summed E-state index contributed by atoms with van der Waals surface area (Å²) in [5.74, 6) is -0.109. The molecule has 0 atom stereocenters. The van der Waals surface area contributed by atoms with Crippen molar-refractivity contribution in [1.82, 2.24) is 9.55 Å². The van der Waals surface area contributed by atoms with E-state index in [0.717, 1.165) is 6.20 Å². The monoisotopic (exact) mass is 288 g/mol. The van der Waals surface area contributed by atoms with E-state index in [9.17, 15) is 13.2 Å². The zero-order chi connectivity index (χ0) is 14.9. The first-order chi connectivity index (χ1) is 10.1. The van der Waals surface area contributed by atoms with Crippen LogP contribution >= 0.6 is 0 Å². The lowest BCUT2D eigenvalue weighted by Gasteiger charge is -2.10. The number of hydrogen-bond donors (Lipinski definition) is 0. The molecule has 0 aliphatic rings. The average molecular weight is 288 g/mol. The Morgan fingerprint density at radius 2 is 1.29 bits per heavy atom. The summed E-state index contributed by atoms with van der Waals surface area (Å²) >= 11 is 0. The van der Waals surface area contributed by atoms with E-state index in [-0.39, 0.29) is 10.4 Å². The van der Waals surface area contributed by atoms with Crippen LogP contribution in [0.3, 0.4) is 0 Å². The molecule has 21 heavy (non-hydrogen) atoms. The Balaban J connectivity index is 2.17. The number of aromatic nitrogens is 2. The maximum absolute atomic E-state index is 13.2. The topological polar surface area (TPSA) is 17.8 Å². The fourth-order valence-electron chi connectivity index (χ4n) is 2.11. The maximum atomic E-state index is 13.2. The number of imidazole rings is 1. The smallest absolute Gasteiger partial charge is 0.240 e. The third-order valence-electron chi connectivity index (χ3n) is 3.08. The van der Waals surface area contributed by atoms with Crippen molar-refractivity contribution in [3.05, 3.63) is 66.9 Å². The molecule has 3 rings (SSSR count). The van der Waals surface area contributed by atoms with Crippen LogP contribution in [-0.4, -0.2) is 9.55 Å². The second-order valence-corrected chi connectivity index (χ2v) is 4.52. The third kappa shape index (κ3) is 2.67. The number of hydrogen-bond acceptors (Lipinski definition) is 1. The van der Waals surface area contributed by atoms with Crippen LogP contribution in [0.15, 0.2) is 66.9 Å². The average Bonchev–Trinajstić information content (AvgIpc) is 2.94. The van der Waals surface area contributed by atoms with Gasteiger partial charge in [-0.2, -0.15) is 0 Å². The fourth-order valence-corrected chi connectivity index (χ4v) is 2.11. The van der Waals surface area contributed by atoms with E-state index in [1.807, 2.05) is 6.07 Å². The van der Waals surface area contributed by atoms with Gasteiger partial charge in [-0.05, 0) is 0 Å². The minimum Gasteiger partial charge on any atom is -0.240 e. The lowest BCUT2D eigenvalue weighted by molar-refractivity contribution is -0.202. The van der Waals surface area contributed by atoms with E-state index < -0.39 is 6.30 Å². The highest BCUT2D eigenvalue weighted by atomic mass is 19.4. The van der Waals surface area contributed by atoms with Crippen molar-refractivity contribution in [2.24, 2.45) is 0 Å². The summed E-state index contributed by atoms with van der Waals surface area (Å²) in [5.41, 5.74) is 1.38. The van der Waals surface area contributed by atoms with Crippen LogP contribution in [0.1, 0.15) is 0 Å². The van der Waals surface area contributed by atoms with Crippen molar-refractivity contribution < 1.29 is 13.2 Å². The molecule has 0 aliphatic carbocycles. The number of alkyl halides is 3. The van der Waals surface area contributed by atoms with E-state index in [0.29, 0.717) is 16.8 Å². The Labute approximate surface area is 119 Å². The van der Waals surface area contributed by atoms with Gasteiger partial charge in [0.15, 0.2) is 0 Å². The van der Waals surface area contributed by atoms with Gasteiger partial charge < -0.3 is 0 Å². The Morgan fingerprint density at radius 1 is 0.762 bits per heavy atom. The van der Waals surface area contributed by atoms with E-state index in [1.54, 1.807) is 54.6 Å². The van der Waals surface area contributed by atoms with Crippen LogP contribution in [0.4, 0.5) is 13.2 Å². The summed E-state index contributed by atoms with van der Waals surface area (Å²) in [6, 6.07) is 17.2. The van der Waals surface area contributed by atoms with Crippen LogP contribution in [0.5, 0.6) is 0 Å². The van der Waals surface area contributed by atoms with Gasteiger partial charge in [0.25, 0.3) is 0 Å². The van der Waals surface area contributed by atoms with Crippen LogP contribution in [0.25, 0.3) is 22.6 Å². The second kappa shape index (κ2) is 5.09. The molecule has 0 spiro atoms. The summed E-state index contributed by atoms with van der Waals surface area (Å²) in [4.78, 5) is 4.16. The van der Waals surface area contributed by atoms with Gasteiger partial charge in [-0.25, -0.2) is 9.55 Å². The van der Waals surface area contributed by atoms with Gasteiger partial charge in [-0.1, -0.05) is 60.7 Å². The van der Waals surface area contributed by atoms with Crippen molar-refractivity contribution >= 4 is 0 Å². The van der Waals surface area contributed by atoms with Crippen LogP contribution < -0.4 is 0 Å². The first-order valence-corrected chi connectivity index (χ1v) is 6.33. The molecular formula is C16H11F3N2. The largest absolute Gasteiger partial charge is 0.490 e. The second-order valence-electron chi connectivity index (χ2n) is 4.52. The molecule has 0 bridgehead atoms. The summed E-state index contributed by atoms with van der Waals surface area (Å²) in [6.07, 6.45) is -3.48. The molecule has 0 aliphatic heterocycles. The molecule has 106 valence electrons. The highest BCUT2D eigenvalue weighted by molar-refractivity contribution is 5.65. The molecule has 0 N–H and O–H groups in total. The lowest BCUT2D eigenvalue weighted by atomic mass is 10.2. The van der Waals surface area contributed by atoms with Gasteiger partial charge in [-0.15, -0.1) is 13.2 Å². The number of halogens is 3. The first kappa shape index (κ1) is 13.4. The van der Waals surface area contributed by atoms with E-state index >= 15 is 0 Å². The summed E-state index contributed by atoms with van der Waals surface area (Å²) < 4.78 is 39.8. The highest BCUT2D eigenvalue weighted by Gasteiger charge is 2.34. The lowest BCUT2D eigenvalue weighted by Crippen LogP contribution is -2.16. The number of benzene rings is 2. The SMILES string of the molecule is FC(F)(F)n1cc(-c2ccccc2)nc1-c1ccccc1. The highest BCUT2D eigenvalue weighted by Crippen LogP contribution is 2.32. The number of nitrogens with zero attached hydrogens (tertiary/aromatic N) is 2. The van der Waals surface area contributed by atoms with Gasteiger partial charge in [0.2, 0.25) is 0 Å². The molecule has 1 heterocycles. The van der Waals surface area contributed by atoms with Crippen LogP contribution in [0.2, 0.25) is 0 Å². The molecule has 5 heteroatoms. The van der Waals surface area contributed by atoms with Gasteiger partial charge in [0, 0.05) is 17.3 Å². The van der Waals surface area contributed by atoms with Crippen molar-refractivity contribution in [1.29, 1.82) is 0 Å². The molecule has 0 radical (unpaired) electrons. The van der Waals surface area contributed by atoms with Crippen molar-refractivity contribution in [3.63, 3.8) is 0 Å². The predicted octanol–water partition coefficient (Wildman–Crippen LogP) is 4.69. The third-order valence-corrected chi connectivity index (χ3v) is 3.08. The molecule has 0 saturated carbocycles. The van der Waals surface area contributed by atoms with E-state index in [4.69, 9.17) is 0 Å². The van der Waals surface area contributed by atoms with Crippen LogP contribution in [0, 0.1) is 0 Å². The summed E-state index contributed by atoms with van der Waals surface area (Å²) in [6.45, 7) is 0. The molecule has 0 amide bonds. The Hall–Kier alpha value is -2.56. The Bertz CT molecular complexity index is 731. The molecule has 3 aromatic rings. The normalized spacial score (nSPS) is 11.6. The van der Waals surface area contributed by atoms with Gasteiger partial charge in [-0.3, -0.25) is 0 Å². The standard InChI is InChI=1S/C16H11F3N2/c17-16(18,19)21-11-14(12-7-3-1-4-8-12)20-15(21)13-9-5-2-6-10-13/h1-11H. The first-order valence-electron chi connectivity index (χ1n) is 6.33. The van der Waals surface area contributed by atoms with E-state index in [2.05, 4.69) is 4.98 Å². The van der Waals surface area contributed by atoms with Crippen molar-refractivity contribution in [2.75, 3.05) is 0 Å². The van der Waals surface area contributed by atoms with Gasteiger partial charge in [0.1, 0.15) is 5.82 Å². The predicted molar refractivity (Wildman–Crippen MR) is 74.4 cm³/mol.